The van der Waals surface area contributed by atoms with E-state index in [0.29, 0.717) is 5.56 Å². The molecule has 0 saturated carbocycles. The van der Waals surface area contributed by atoms with E-state index in [-0.39, 0.29) is 18.4 Å². The zero-order valence-corrected chi connectivity index (χ0v) is 17.2. The van der Waals surface area contributed by atoms with Crippen molar-refractivity contribution in [1.29, 1.82) is 0 Å². The van der Waals surface area contributed by atoms with E-state index >= 15 is 0 Å². The second kappa shape index (κ2) is 13.8. The quantitative estimate of drug-likeness (QED) is 0.177. The monoisotopic (exact) mass is 374 g/mol. The molecule has 2 atom stereocenters. The maximum absolute atomic E-state index is 11.9. The van der Waals surface area contributed by atoms with Crippen LogP contribution in [0.25, 0.3) is 0 Å². The molecule has 2 rings (SSSR count). The molecule has 0 bridgehead atoms. The van der Waals surface area contributed by atoms with Crippen LogP contribution in [0.1, 0.15) is 107 Å². The second-order valence-electron chi connectivity index (χ2n) is 7.85. The molecule has 0 N–H and O–H groups in total. The molecule has 1 heterocycles. The van der Waals surface area contributed by atoms with Gasteiger partial charge in [0.15, 0.2) is 0 Å². The minimum Gasteiger partial charge on any atom is -0.429 e. The molecule has 2 unspecified atom stereocenters. The average Bonchev–Trinajstić information content (AvgIpc) is 3.43. The molecule has 3 heteroatoms. The molecule has 1 saturated heterocycles. The lowest BCUT2D eigenvalue weighted by molar-refractivity contribution is 0.0297. The van der Waals surface area contributed by atoms with Crippen molar-refractivity contribution < 1.29 is 14.3 Å². The summed E-state index contributed by atoms with van der Waals surface area (Å²) in [5, 5.41) is 0. The first-order chi connectivity index (χ1) is 13.3. The molecular formula is C24H38O3. The van der Waals surface area contributed by atoms with E-state index in [4.69, 9.17) is 9.47 Å². The van der Waals surface area contributed by atoms with E-state index in [1.54, 1.807) is 12.1 Å². The van der Waals surface area contributed by atoms with Crippen molar-refractivity contribution in [1.82, 2.24) is 0 Å². The third kappa shape index (κ3) is 9.95. The number of carbonyl (C=O) groups excluding carboxylic acids is 1. The largest absolute Gasteiger partial charge is 0.429 e. The summed E-state index contributed by atoms with van der Waals surface area (Å²) < 4.78 is 10.8. The number of rotatable bonds is 16. The summed E-state index contributed by atoms with van der Waals surface area (Å²) >= 11 is 0. The van der Waals surface area contributed by atoms with Gasteiger partial charge in [-0.1, -0.05) is 109 Å². The van der Waals surface area contributed by atoms with E-state index in [1.807, 2.05) is 18.2 Å². The predicted octanol–water partition coefficient (Wildman–Crippen LogP) is 7.05. The first-order valence-corrected chi connectivity index (χ1v) is 11.2. The first-order valence-electron chi connectivity index (χ1n) is 11.2. The molecule has 0 amide bonds. The Morgan fingerprint density at radius 2 is 1.33 bits per heavy atom. The minimum absolute atomic E-state index is 0.116. The maximum Gasteiger partial charge on any atom is 0.340 e. The maximum atomic E-state index is 11.9. The van der Waals surface area contributed by atoms with Gasteiger partial charge in [0.05, 0.1) is 5.56 Å². The number of esters is 1. The molecule has 1 aromatic rings. The summed E-state index contributed by atoms with van der Waals surface area (Å²) in [4.78, 5) is 11.9. The van der Waals surface area contributed by atoms with Gasteiger partial charge in [-0.2, -0.15) is 0 Å². The normalized spacial score (nSPS) is 18.4. The lowest BCUT2D eigenvalue weighted by Crippen LogP contribution is -2.09. The van der Waals surface area contributed by atoms with Crippen LogP contribution in [0.5, 0.6) is 0 Å². The van der Waals surface area contributed by atoms with Gasteiger partial charge in [-0.3, -0.25) is 0 Å². The van der Waals surface area contributed by atoms with Crippen molar-refractivity contribution in [2.75, 3.05) is 0 Å². The summed E-state index contributed by atoms with van der Waals surface area (Å²) in [6, 6.07) is 9.12. The summed E-state index contributed by atoms with van der Waals surface area (Å²) in [5.74, 6) is -0.284. The topological polar surface area (TPSA) is 38.8 Å². The van der Waals surface area contributed by atoms with Crippen LogP contribution < -0.4 is 0 Å². The fourth-order valence-electron chi connectivity index (χ4n) is 3.55. The van der Waals surface area contributed by atoms with E-state index in [9.17, 15) is 4.79 Å². The van der Waals surface area contributed by atoms with Crippen molar-refractivity contribution in [3.63, 3.8) is 0 Å². The molecule has 0 aromatic heterocycles. The zero-order chi connectivity index (χ0) is 19.2. The molecule has 1 fully saturated rings. The standard InChI is InChI=1S/C24H38O3/c1-2-3-4-5-6-7-8-9-10-11-12-13-17-20-22-24(26-22)27-23(25)21-18-15-14-16-19-21/h14-16,18-19,22,24H,2-13,17,20H2,1H3. The number of benzene rings is 1. The Labute approximate surface area is 165 Å². The van der Waals surface area contributed by atoms with Crippen molar-refractivity contribution in [2.24, 2.45) is 0 Å². The highest BCUT2D eigenvalue weighted by Crippen LogP contribution is 2.29. The number of hydrogen-bond acceptors (Lipinski definition) is 3. The van der Waals surface area contributed by atoms with Crippen LogP contribution in [0, 0.1) is 0 Å². The predicted molar refractivity (Wildman–Crippen MR) is 111 cm³/mol. The fraction of sp³-hybridized carbons (Fsp3) is 0.708. The molecule has 0 radical (unpaired) electrons. The van der Waals surface area contributed by atoms with Gasteiger partial charge in [-0.15, -0.1) is 0 Å². The molecule has 1 aromatic carbocycles. The van der Waals surface area contributed by atoms with Crippen molar-refractivity contribution in [2.45, 2.75) is 109 Å². The molecular weight excluding hydrogens is 336 g/mol. The molecule has 0 aliphatic carbocycles. The fourth-order valence-corrected chi connectivity index (χ4v) is 3.55. The molecule has 0 spiro atoms. The van der Waals surface area contributed by atoms with Gasteiger partial charge in [0.2, 0.25) is 6.29 Å². The lowest BCUT2D eigenvalue weighted by atomic mass is 10.0. The van der Waals surface area contributed by atoms with Gasteiger partial charge in [-0.25, -0.2) is 4.79 Å². The van der Waals surface area contributed by atoms with E-state index in [1.165, 1.54) is 83.5 Å². The molecule has 27 heavy (non-hydrogen) atoms. The third-order valence-electron chi connectivity index (χ3n) is 5.36. The average molecular weight is 375 g/mol. The Morgan fingerprint density at radius 1 is 0.815 bits per heavy atom. The van der Waals surface area contributed by atoms with Crippen molar-refractivity contribution in [3.8, 4) is 0 Å². The second-order valence-corrected chi connectivity index (χ2v) is 7.85. The van der Waals surface area contributed by atoms with E-state index < -0.39 is 0 Å². The van der Waals surface area contributed by atoms with Crippen molar-refractivity contribution in [3.05, 3.63) is 35.9 Å². The molecule has 1 aliphatic heterocycles. The summed E-state index contributed by atoms with van der Waals surface area (Å²) in [7, 11) is 0. The number of unbranched alkanes of at least 4 members (excludes halogenated alkanes) is 12. The third-order valence-corrected chi connectivity index (χ3v) is 5.36. The minimum atomic E-state index is -0.324. The Bertz CT molecular complexity index is 500. The summed E-state index contributed by atoms with van der Waals surface area (Å²) in [6.45, 7) is 2.27. The molecule has 3 nitrogen and oxygen atoms in total. The summed E-state index contributed by atoms with van der Waals surface area (Å²) in [6.07, 6.45) is 18.5. The van der Waals surface area contributed by atoms with Crippen LogP contribution in [0.4, 0.5) is 0 Å². The highest BCUT2D eigenvalue weighted by atomic mass is 16.8. The van der Waals surface area contributed by atoms with Gasteiger partial charge in [0.1, 0.15) is 6.10 Å². The summed E-state index contributed by atoms with van der Waals surface area (Å²) in [5.41, 5.74) is 0.590. The van der Waals surface area contributed by atoms with Crippen LogP contribution in [-0.2, 0) is 9.47 Å². The Kier molecular flexibility index (Phi) is 11.2. The molecule has 1 aliphatic rings. The van der Waals surface area contributed by atoms with Gasteiger partial charge < -0.3 is 9.47 Å². The van der Waals surface area contributed by atoms with Crippen LogP contribution in [0.2, 0.25) is 0 Å². The lowest BCUT2D eigenvalue weighted by Gasteiger charge is -2.03. The SMILES string of the molecule is CCCCCCCCCCCCCCCC1OC1OC(=O)c1ccccc1. The number of ether oxygens (including phenoxy) is 2. The Balaban J connectivity index is 1.34. The van der Waals surface area contributed by atoms with Gasteiger partial charge in [0.25, 0.3) is 0 Å². The van der Waals surface area contributed by atoms with E-state index in [2.05, 4.69) is 6.92 Å². The van der Waals surface area contributed by atoms with Gasteiger partial charge in [-0.05, 0) is 18.6 Å². The van der Waals surface area contributed by atoms with Crippen LogP contribution in [0.3, 0.4) is 0 Å². The zero-order valence-electron chi connectivity index (χ0n) is 17.2. The highest BCUT2D eigenvalue weighted by Gasteiger charge is 2.41. The van der Waals surface area contributed by atoms with Crippen LogP contribution >= 0.6 is 0 Å². The Hall–Kier alpha value is -1.35. The highest BCUT2D eigenvalue weighted by molar-refractivity contribution is 5.89. The Morgan fingerprint density at radius 3 is 1.89 bits per heavy atom. The van der Waals surface area contributed by atoms with Crippen LogP contribution in [0.15, 0.2) is 30.3 Å². The van der Waals surface area contributed by atoms with Gasteiger partial charge in [0, 0.05) is 0 Å². The van der Waals surface area contributed by atoms with Crippen molar-refractivity contribution >= 4 is 5.97 Å². The first kappa shape index (κ1) is 21.9. The van der Waals surface area contributed by atoms with Crippen LogP contribution in [-0.4, -0.2) is 18.4 Å². The van der Waals surface area contributed by atoms with E-state index in [0.717, 1.165) is 6.42 Å². The number of carbonyl (C=O) groups is 1. The number of hydrogen-bond donors (Lipinski definition) is 0. The van der Waals surface area contributed by atoms with Gasteiger partial charge >= 0.3 is 5.97 Å². The number of epoxide rings is 1. The molecule has 152 valence electrons. The smallest absolute Gasteiger partial charge is 0.340 e.